The van der Waals surface area contributed by atoms with Gasteiger partial charge in [-0.1, -0.05) is 284 Å². The predicted molar refractivity (Wildman–Crippen MR) is 330 cm³/mol. The van der Waals surface area contributed by atoms with Crippen LogP contribution in [0, 0.1) is 0 Å². The van der Waals surface area contributed by atoms with Crippen LogP contribution in [0.1, 0.15) is 297 Å². The fraction of sp³-hybridized carbons (Fsp3) is 0.700. The van der Waals surface area contributed by atoms with Gasteiger partial charge in [-0.15, -0.1) is 0 Å². The van der Waals surface area contributed by atoms with E-state index in [0.29, 0.717) is 12.8 Å². The summed E-state index contributed by atoms with van der Waals surface area (Å²) in [7, 11) is 0. The molecule has 76 heavy (non-hydrogen) atoms. The molecule has 0 aromatic heterocycles. The number of carbonyl (C=O) groups is 3. The Balaban J connectivity index is 4.45. The third-order valence-corrected chi connectivity index (χ3v) is 13.5. The van der Waals surface area contributed by atoms with Crippen LogP contribution < -0.4 is 0 Å². The normalized spacial score (nSPS) is 12.8. The van der Waals surface area contributed by atoms with Crippen LogP contribution in [-0.4, -0.2) is 37.2 Å². The Morgan fingerprint density at radius 3 is 0.816 bits per heavy atom. The molecule has 0 amide bonds. The summed E-state index contributed by atoms with van der Waals surface area (Å²) in [4.78, 5) is 38.3. The summed E-state index contributed by atoms with van der Waals surface area (Å²) < 4.78 is 16.9. The molecule has 0 heterocycles. The summed E-state index contributed by atoms with van der Waals surface area (Å²) in [5, 5.41) is 0. The van der Waals surface area contributed by atoms with E-state index in [-0.39, 0.29) is 37.5 Å². The van der Waals surface area contributed by atoms with Crippen molar-refractivity contribution in [1.82, 2.24) is 0 Å². The Morgan fingerprint density at radius 1 is 0.276 bits per heavy atom. The van der Waals surface area contributed by atoms with E-state index >= 15 is 0 Å². The van der Waals surface area contributed by atoms with Crippen molar-refractivity contribution in [3.8, 4) is 0 Å². The molecule has 0 aromatic rings. The zero-order chi connectivity index (χ0) is 55.0. The van der Waals surface area contributed by atoms with E-state index in [1.54, 1.807) is 0 Å². The number of unbranched alkanes of at least 4 members (excludes halogenated alkanes) is 28. The van der Waals surface area contributed by atoms with Crippen molar-refractivity contribution >= 4 is 17.9 Å². The highest BCUT2D eigenvalue weighted by Crippen LogP contribution is 2.16. The molecule has 0 saturated carbocycles. The molecular formula is C70H118O6. The maximum Gasteiger partial charge on any atom is 0.306 e. The minimum absolute atomic E-state index is 0.0952. The summed E-state index contributed by atoms with van der Waals surface area (Å²) in [5.74, 6) is -0.933. The van der Waals surface area contributed by atoms with Gasteiger partial charge in [0.15, 0.2) is 6.10 Å². The quantitative estimate of drug-likeness (QED) is 0.0261. The molecule has 0 aliphatic carbocycles. The van der Waals surface area contributed by atoms with Crippen LogP contribution in [0.25, 0.3) is 0 Å². The van der Waals surface area contributed by atoms with Crippen molar-refractivity contribution < 1.29 is 28.6 Å². The molecule has 434 valence electrons. The summed E-state index contributed by atoms with van der Waals surface area (Å²) in [5.41, 5.74) is 0. The molecule has 0 N–H and O–H groups in total. The Labute approximate surface area is 470 Å². The second kappa shape index (κ2) is 63.6. The number of rotatable bonds is 57. The van der Waals surface area contributed by atoms with Crippen molar-refractivity contribution in [3.63, 3.8) is 0 Å². The fourth-order valence-electron chi connectivity index (χ4n) is 8.81. The molecular weight excluding hydrogens is 937 g/mol. The van der Waals surface area contributed by atoms with E-state index in [1.807, 2.05) is 0 Å². The first kappa shape index (κ1) is 72.1. The van der Waals surface area contributed by atoms with Crippen molar-refractivity contribution in [1.29, 1.82) is 0 Å². The first-order valence-electron chi connectivity index (χ1n) is 31.9. The van der Waals surface area contributed by atoms with Crippen molar-refractivity contribution in [2.45, 2.75) is 303 Å². The van der Waals surface area contributed by atoms with Crippen molar-refractivity contribution in [3.05, 3.63) is 109 Å². The van der Waals surface area contributed by atoms with E-state index < -0.39 is 6.10 Å². The molecule has 6 heteroatoms. The molecule has 1 unspecified atom stereocenters. The lowest BCUT2D eigenvalue weighted by molar-refractivity contribution is -0.167. The van der Waals surface area contributed by atoms with Crippen LogP contribution in [0.2, 0.25) is 0 Å². The zero-order valence-electron chi connectivity index (χ0n) is 49.7. The van der Waals surface area contributed by atoms with Gasteiger partial charge >= 0.3 is 17.9 Å². The minimum atomic E-state index is -0.804. The first-order valence-corrected chi connectivity index (χ1v) is 31.9. The average molecular weight is 1060 g/mol. The fourth-order valence-corrected chi connectivity index (χ4v) is 8.81. The highest BCUT2D eigenvalue weighted by molar-refractivity contribution is 5.71. The highest BCUT2D eigenvalue weighted by atomic mass is 16.6. The third-order valence-electron chi connectivity index (χ3n) is 13.5. The van der Waals surface area contributed by atoms with Gasteiger partial charge in [-0.25, -0.2) is 0 Å². The van der Waals surface area contributed by atoms with E-state index in [1.165, 1.54) is 122 Å². The lowest BCUT2D eigenvalue weighted by Gasteiger charge is -2.18. The van der Waals surface area contributed by atoms with Gasteiger partial charge in [0.25, 0.3) is 0 Å². The van der Waals surface area contributed by atoms with Gasteiger partial charge in [-0.2, -0.15) is 0 Å². The van der Waals surface area contributed by atoms with Gasteiger partial charge in [0.2, 0.25) is 0 Å². The number of hydrogen-bond acceptors (Lipinski definition) is 6. The summed E-state index contributed by atoms with van der Waals surface area (Å²) >= 11 is 0. The lowest BCUT2D eigenvalue weighted by atomic mass is 10.0. The van der Waals surface area contributed by atoms with E-state index in [4.69, 9.17) is 14.2 Å². The third kappa shape index (κ3) is 60.9. The number of allylic oxidation sites excluding steroid dienone is 18. The second-order valence-corrected chi connectivity index (χ2v) is 20.9. The first-order chi connectivity index (χ1) is 37.5. The number of hydrogen-bond donors (Lipinski definition) is 0. The Hall–Kier alpha value is -3.93. The molecule has 0 radical (unpaired) electrons. The van der Waals surface area contributed by atoms with Crippen LogP contribution in [0.3, 0.4) is 0 Å². The molecule has 0 spiro atoms. The highest BCUT2D eigenvalue weighted by Gasteiger charge is 2.19. The maximum atomic E-state index is 12.9. The largest absolute Gasteiger partial charge is 0.462 e. The molecule has 0 saturated heterocycles. The number of carbonyl (C=O) groups excluding carboxylic acids is 3. The topological polar surface area (TPSA) is 78.9 Å². The summed E-state index contributed by atoms with van der Waals surface area (Å²) in [6.45, 7) is 6.40. The average Bonchev–Trinajstić information content (AvgIpc) is 3.42. The smallest absolute Gasteiger partial charge is 0.306 e. The predicted octanol–water partition coefficient (Wildman–Crippen LogP) is 21.8. The monoisotopic (exact) mass is 1050 g/mol. The molecule has 6 nitrogen and oxygen atoms in total. The van der Waals surface area contributed by atoms with Gasteiger partial charge < -0.3 is 14.2 Å². The Morgan fingerprint density at radius 2 is 0.513 bits per heavy atom. The molecule has 0 aliphatic heterocycles. The van der Waals surface area contributed by atoms with Gasteiger partial charge in [-0.3, -0.25) is 14.4 Å². The van der Waals surface area contributed by atoms with Crippen LogP contribution in [0.5, 0.6) is 0 Å². The molecule has 0 aromatic carbocycles. The molecule has 0 aliphatic rings. The molecule has 0 rings (SSSR count). The second-order valence-electron chi connectivity index (χ2n) is 20.9. The molecule has 1 atom stereocenters. The lowest BCUT2D eigenvalue weighted by Crippen LogP contribution is -2.30. The summed E-state index contributed by atoms with van der Waals surface area (Å²) in [6.07, 6.45) is 86.6. The standard InChI is InChI=1S/C70H118O6/c1-4-7-10-13-16-19-22-25-28-31-34-37-39-42-45-48-51-54-57-60-63-69(72)75-66-67(76-70(73)64-61-58-55-52-49-46-43-40-36-33-30-27-24-21-18-15-12-9-6-3)65-74-68(71)62-59-56-53-50-47-44-41-38-35-32-29-26-23-20-17-14-11-8-5-2/h8-9,11-12,17-18,20-21,26-27,29-30,35-36,38,40,46,49,67H,4-7,10,13-16,19,22-25,28,31-34,37,39,41-45,47-48,50-66H2,1-3H3/b11-8-,12-9-,20-17-,21-18-,29-26-,30-27-,38-35-,40-36-,49-46-. The van der Waals surface area contributed by atoms with E-state index in [0.717, 1.165) is 135 Å². The van der Waals surface area contributed by atoms with E-state index in [9.17, 15) is 14.4 Å². The van der Waals surface area contributed by atoms with Gasteiger partial charge in [0, 0.05) is 19.3 Å². The van der Waals surface area contributed by atoms with Crippen LogP contribution >= 0.6 is 0 Å². The van der Waals surface area contributed by atoms with Crippen molar-refractivity contribution in [2.75, 3.05) is 13.2 Å². The van der Waals surface area contributed by atoms with Crippen LogP contribution in [-0.2, 0) is 28.6 Å². The summed E-state index contributed by atoms with van der Waals surface area (Å²) in [6, 6.07) is 0. The SMILES string of the molecule is CC/C=C\C/C=C\C/C=C\C/C=C\C/C=C\CCCCCC(=O)OC(COC(=O)CCCCCCCC/C=C\C/C=C\C/C=C\C/C=C\CC)COC(=O)CCCCCCCCCCCCCCCCCCCCCC. The van der Waals surface area contributed by atoms with Crippen molar-refractivity contribution in [2.24, 2.45) is 0 Å². The van der Waals surface area contributed by atoms with Crippen LogP contribution in [0.4, 0.5) is 0 Å². The minimum Gasteiger partial charge on any atom is -0.462 e. The van der Waals surface area contributed by atoms with Crippen LogP contribution in [0.15, 0.2) is 109 Å². The maximum absolute atomic E-state index is 12.9. The zero-order valence-corrected chi connectivity index (χ0v) is 49.7. The molecule has 0 fully saturated rings. The van der Waals surface area contributed by atoms with Gasteiger partial charge in [0.05, 0.1) is 0 Å². The van der Waals surface area contributed by atoms with Gasteiger partial charge in [0.1, 0.15) is 13.2 Å². The Bertz CT molecular complexity index is 1540. The van der Waals surface area contributed by atoms with Gasteiger partial charge in [-0.05, 0) is 103 Å². The number of ether oxygens (including phenoxy) is 3. The van der Waals surface area contributed by atoms with E-state index in [2.05, 4.69) is 130 Å². The Kier molecular flexibility index (Phi) is 60.3. The molecule has 0 bridgehead atoms. The number of esters is 3.